The summed E-state index contributed by atoms with van der Waals surface area (Å²) in [4.78, 5) is 8.14. The highest BCUT2D eigenvalue weighted by Gasteiger charge is 2.34. The van der Waals surface area contributed by atoms with Crippen molar-refractivity contribution in [1.82, 2.24) is 4.98 Å². The van der Waals surface area contributed by atoms with Crippen molar-refractivity contribution >= 4 is 5.71 Å². The average molecular weight is 256 g/mol. The fraction of sp³-hybridized carbons (Fsp3) is 0.538. The van der Waals surface area contributed by atoms with E-state index in [1.165, 1.54) is 6.07 Å². The Morgan fingerprint density at radius 1 is 1.28 bits per heavy atom. The Labute approximate surface area is 104 Å². The number of hydrogen-bond acceptors (Lipinski definition) is 2. The minimum Gasteiger partial charge on any atom is -0.289 e. The Balaban J connectivity index is 2.23. The van der Waals surface area contributed by atoms with Crippen LogP contribution in [0.15, 0.2) is 17.1 Å². The zero-order valence-corrected chi connectivity index (χ0v) is 10.2. The summed E-state index contributed by atoms with van der Waals surface area (Å²) in [6, 6.07) is 2.54. The largest absolute Gasteiger partial charge is 0.433 e. The molecule has 0 saturated carbocycles. The van der Waals surface area contributed by atoms with E-state index in [-0.39, 0.29) is 0 Å². The minimum absolute atomic E-state index is 0.528. The molecule has 18 heavy (non-hydrogen) atoms. The van der Waals surface area contributed by atoms with Crippen molar-refractivity contribution in [3.05, 3.63) is 29.1 Å². The van der Waals surface area contributed by atoms with E-state index < -0.39 is 11.9 Å². The van der Waals surface area contributed by atoms with Crippen molar-refractivity contribution < 1.29 is 13.2 Å². The number of fused-ring (bicyclic) bond motifs is 1. The molecule has 0 unspecified atom stereocenters. The van der Waals surface area contributed by atoms with Crippen molar-refractivity contribution in [1.29, 1.82) is 0 Å². The molecule has 0 saturated heterocycles. The van der Waals surface area contributed by atoms with Gasteiger partial charge < -0.3 is 0 Å². The maximum atomic E-state index is 12.5. The van der Waals surface area contributed by atoms with E-state index in [4.69, 9.17) is 0 Å². The molecule has 1 aliphatic rings. The van der Waals surface area contributed by atoms with Gasteiger partial charge >= 0.3 is 6.18 Å². The van der Waals surface area contributed by atoms with Gasteiger partial charge in [-0.1, -0.05) is 13.3 Å². The van der Waals surface area contributed by atoms with Crippen LogP contribution in [0.1, 0.15) is 43.1 Å². The third-order valence-electron chi connectivity index (χ3n) is 2.99. The molecule has 5 heteroatoms. The van der Waals surface area contributed by atoms with Crippen molar-refractivity contribution in [2.75, 3.05) is 6.54 Å². The zero-order chi connectivity index (χ0) is 13.2. The predicted octanol–water partition coefficient (Wildman–Crippen LogP) is 3.64. The smallest absolute Gasteiger partial charge is 0.289 e. The number of alkyl halides is 3. The molecule has 0 aliphatic heterocycles. The van der Waals surface area contributed by atoms with Crippen molar-refractivity contribution in [2.45, 2.75) is 38.8 Å². The number of aromatic nitrogens is 1. The SMILES string of the molecule is CCCCN=C1CCc2nc(C(F)(F)F)ccc21. The summed E-state index contributed by atoms with van der Waals surface area (Å²) in [5, 5.41) is 0. The molecule has 0 spiro atoms. The second-order valence-electron chi connectivity index (χ2n) is 4.37. The summed E-state index contributed by atoms with van der Waals surface area (Å²) in [6.07, 6.45) is -1.03. The van der Waals surface area contributed by atoms with Crippen LogP contribution >= 0.6 is 0 Å². The molecule has 1 aromatic rings. The van der Waals surface area contributed by atoms with Gasteiger partial charge in [-0.2, -0.15) is 13.2 Å². The van der Waals surface area contributed by atoms with Crippen molar-refractivity contribution in [3.8, 4) is 0 Å². The van der Waals surface area contributed by atoms with Gasteiger partial charge in [-0.3, -0.25) is 4.99 Å². The van der Waals surface area contributed by atoms with Gasteiger partial charge in [-0.15, -0.1) is 0 Å². The monoisotopic (exact) mass is 256 g/mol. The summed E-state index contributed by atoms with van der Waals surface area (Å²) in [6.45, 7) is 2.83. The van der Waals surface area contributed by atoms with E-state index in [9.17, 15) is 13.2 Å². The predicted molar refractivity (Wildman–Crippen MR) is 63.9 cm³/mol. The van der Waals surface area contributed by atoms with E-state index in [0.717, 1.165) is 36.7 Å². The molecule has 0 aromatic carbocycles. The van der Waals surface area contributed by atoms with Crippen LogP contribution in [-0.2, 0) is 12.6 Å². The number of aliphatic imine (C=N–C) groups is 1. The number of rotatable bonds is 3. The molecular formula is C13H15F3N2. The average Bonchev–Trinajstić information content (AvgIpc) is 2.71. The Hall–Kier alpha value is -1.39. The number of unbranched alkanes of at least 4 members (excludes halogenated alkanes) is 1. The second-order valence-corrected chi connectivity index (χ2v) is 4.37. The van der Waals surface area contributed by atoms with Crippen LogP contribution in [0, 0.1) is 0 Å². The Bertz CT molecular complexity index is 464. The van der Waals surface area contributed by atoms with Gasteiger partial charge in [0.25, 0.3) is 0 Å². The molecule has 0 radical (unpaired) electrons. The number of aryl methyl sites for hydroxylation is 1. The summed E-state index contributed by atoms with van der Waals surface area (Å²) < 4.78 is 37.5. The molecule has 98 valence electrons. The van der Waals surface area contributed by atoms with E-state index in [0.29, 0.717) is 18.5 Å². The molecule has 0 bridgehead atoms. The summed E-state index contributed by atoms with van der Waals surface area (Å²) in [7, 11) is 0. The summed E-state index contributed by atoms with van der Waals surface area (Å²) in [5.74, 6) is 0. The lowest BCUT2D eigenvalue weighted by atomic mass is 10.2. The van der Waals surface area contributed by atoms with Gasteiger partial charge in [-0.05, 0) is 31.4 Å². The van der Waals surface area contributed by atoms with Crippen LogP contribution in [0.5, 0.6) is 0 Å². The molecular weight excluding hydrogens is 241 g/mol. The van der Waals surface area contributed by atoms with E-state index >= 15 is 0 Å². The number of hydrogen-bond donors (Lipinski definition) is 0. The maximum absolute atomic E-state index is 12.5. The number of halogens is 3. The standard InChI is InChI=1S/C13H15F3N2/c1-2-3-8-17-10-5-6-11-9(10)4-7-12(18-11)13(14,15)16/h4,7H,2-3,5-6,8H2,1H3. The number of pyridine rings is 1. The second kappa shape index (κ2) is 5.08. The van der Waals surface area contributed by atoms with Crippen molar-refractivity contribution in [3.63, 3.8) is 0 Å². The fourth-order valence-electron chi connectivity index (χ4n) is 2.02. The lowest BCUT2D eigenvalue weighted by Gasteiger charge is -2.07. The van der Waals surface area contributed by atoms with Crippen LogP contribution in [-0.4, -0.2) is 17.2 Å². The first-order valence-corrected chi connectivity index (χ1v) is 6.13. The van der Waals surface area contributed by atoms with E-state index in [1.54, 1.807) is 0 Å². The first-order chi connectivity index (χ1) is 8.52. The molecule has 2 rings (SSSR count). The van der Waals surface area contributed by atoms with Crippen LogP contribution in [0.2, 0.25) is 0 Å². The highest BCUT2D eigenvalue weighted by molar-refractivity contribution is 6.04. The Morgan fingerprint density at radius 3 is 2.72 bits per heavy atom. The molecule has 1 aliphatic carbocycles. The molecule has 1 aromatic heterocycles. The normalized spacial score (nSPS) is 17.2. The minimum atomic E-state index is -4.36. The third kappa shape index (κ3) is 2.71. The first kappa shape index (κ1) is 13.1. The quantitative estimate of drug-likeness (QED) is 0.758. The molecule has 0 fully saturated rings. The maximum Gasteiger partial charge on any atom is 0.433 e. The molecule has 2 nitrogen and oxygen atoms in total. The molecule has 0 N–H and O–H groups in total. The third-order valence-corrected chi connectivity index (χ3v) is 2.99. The molecule has 0 amide bonds. The lowest BCUT2D eigenvalue weighted by Crippen LogP contribution is -2.09. The van der Waals surface area contributed by atoms with Gasteiger partial charge in [-0.25, -0.2) is 4.98 Å². The van der Waals surface area contributed by atoms with Gasteiger partial charge in [0.05, 0.1) is 5.69 Å². The van der Waals surface area contributed by atoms with Gasteiger partial charge in [0.1, 0.15) is 5.69 Å². The molecule has 0 atom stereocenters. The van der Waals surface area contributed by atoms with Crippen LogP contribution < -0.4 is 0 Å². The van der Waals surface area contributed by atoms with Gasteiger partial charge in [0.2, 0.25) is 0 Å². The number of nitrogens with zero attached hydrogens (tertiary/aromatic N) is 2. The summed E-state index contributed by atoms with van der Waals surface area (Å²) >= 11 is 0. The van der Waals surface area contributed by atoms with Crippen LogP contribution in [0.4, 0.5) is 13.2 Å². The highest BCUT2D eigenvalue weighted by atomic mass is 19.4. The van der Waals surface area contributed by atoms with Gasteiger partial charge in [0.15, 0.2) is 0 Å². The Morgan fingerprint density at radius 2 is 2.06 bits per heavy atom. The summed E-state index contributed by atoms with van der Waals surface area (Å²) in [5.41, 5.74) is 1.41. The topological polar surface area (TPSA) is 25.2 Å². The van der Waals surface area contributed by atoms with E-state index in [2.05, 4.69) is 16.9 Å². The fourth-order valence-corrected chi connectivity index (χ4v) is 2.02. The van der Waals surface area contributed by atoms with Crippen molar-refractivity contribution in [2.24, 2.45) is 4.99 Å². The molecule has 1 heterocycles. The first-order valence-electron chi connectivity index (χ1n) is 6.13. The Kier molecular flexibility index (Phi) is 3.68. The zero-order valence-electron chi connectivity index (χ0n) is 10.2. The lowest BCUT2D eigenvalue weighted by molar-refractivity contribution is -0.141. The van der Waals surface area contributed by atoms with Crippen LogP contribution in [0.25, 0.3) is 0 Å². The van der Waals surface area contributed by atoms with Gasteiger partial charge in [0, 0.05) is 17.8 Å². The highest BCUT2D eigenvalue weighted by Crippen LogP contribution is 2.30. The van der Waals surface area contributed by atoms with Crippen LogP contribution in [0.3, 0.4) is 0 Å². The van der Waals surface area contributed by atoms with E-state index in [1.807, 2.05) is 0 Å².